The van der Waals surface area contributed by atoms with Crippen LogP contribution in [0.5, 0.6) is 5.75 Å². The number of rotatable bonds is 5. The molecule has 254 valence electrons. The molecule has 0 unspecified atom stereocenters. The number of benzene rings is 8. The van der Waals surface area contributed by atoms with Crippen LogP contribution in [-0.4, -0.2) is 23.9 Å². The van der Waals surface area contributed by atoms with Gasteiger partial charge in [-0.15, -0.1) is 0 Å². The fourth-order valence-electron chi connectivity index (χ4n) is 7.39. The summed E-state index contributed by atoms with van der Waals surface area (Å²) in [5.74, 6) is -0.811. The zero-order chi connectivity index (χ0) is 36.5. The van der Waals surface area contributed by atoms with E-state index >= 15 is 0 Å². The van der Waals surface area contributed by atoms with Gasteiger partial charge in [0.2, 0.25) is 0 Å². The molecule has 2 amide bonds. The lowest BCUT2D eigenvalue weighted by Gasteiger charge is -2.12. The molecule has 0 fully saturated rings. The second-order valence-electron chi connectivity index (χ2n) is 12.7. The van der Waals surface area contributed by atoms with Crippen LogP contribution in [0.3, 0.4) is 0 Å². The van der Waals surface area contributed by atoms with Gasteiger partial charge in [0, 0.05) is 38.1 Å². The van der Waals surface area contributed by atoms with Gasteiger partial charge in [-0.3, -0.25) is 28.8 Å². The molecule has 0 atom stereocenters. The molecule has 0 aliphatic heterocycles. The molecular formula is C43H25N3O7. The van der Waals surface area contributed by atoms with Crippen LogP contribution in [0, 0.1) is 0 Å². The van der Waals surface area contributed by atoms with Crippen LogP contribution in [0.25, 0.3) is 64.9 Å². The van der Waals surface area contributed by atoms with E-state index in [0.717, 1.165) is 0 Å². The second-order valence-corrected chi connectivity index (χ2v) is 12.7. The van der Waals surface area contributed by atoms with Crippen molar-refractivity contribution >= 4 is 88.1 Å². The summed E-state index contributed by atoms with van der Waals surface area (Å²) in [7, 11) is 1.38. The van der Waals surface area contributed by atoms with Crippen LogP contribution in [0.2, 0.25) is 0 Å². The summed E-state index contributed by atoms with van der Waals surface area (Å²) in [6.07, 6.45) is 0. The van der Waals surface area contributed by atoms with Crippen LogP contribution < -0.4 is 37.1 Å². The van der Waals surface area contributed by atoms with Gasteiger partial charge < -0.3 is 20.4 Å². The van der Waals surface area contributed by atoms with Gasteiger partial charge in [-0.2, -0.15) is 0 Å². The number of nitrogens with one attached hydrogen (secondary N) is 3. The summed E-state index contributed by atoms with van der Waals surface area (Å²) < 4.78 is 5.57. The quantitative estimate of drug-likeness (QED) is 0.168. The van der Waals surface area contributed by atoms with Gasteiger partial charge in [0.15, 0.2) is 21.7 Å². The molecule has 0 saturated carbocycles. The first-order valence-corrected chi connectivity index (χ1v) is 16.6. The van der Waals surface area contributed by atoms with Gasteiger partial charge in [0.1, 0.15) is 5.75 Å². The third-order valence-electron chi connectivity index (χ3n) is 9.82. The van der Waals surface area contributed by atoms with Gasteiger partial charge >= 0.3 is 0 Å². The Morgan fingerprint density at radius 3 is 1.60 bits per heavy atom. The molecule has 0 bridgehead atoms. The summed E-state index contributed by atoms with van der Waals surface area (Å²) in [6, 6.07) is 31.3. The maximum Gasteiger partial charge on any atom is 0.255 e. The predicted octanol–water partition coefficient (Wildman–Crippen LogP) is 6.76. The van der Waals surface area contributed by atoms with E-state index in [9.17, 15) is 28.8 Å². The number of methoxy groups -OCH3 is 1. The summed E-state index contributed by atoms with van der Waals surface area (Å²) in [6.45, 7) is 0. The number of carbonyl (C=O) groups excluding carboxylic acids is 2. The number of carbonyl (C=O) groups is 2. The van der Waals surface area contributed by atoms with E-state index in [2.05, 4.69) is 15.6 Å². The van der Waals surface area contributed by atoms with Crippen LogP contribution in [0.1, 0.15) is 20.7 Å². The molecule has 3 N–H and O–H groups in total. The van der Waals surface area contributed by atoms with Crippen LogP contribution in [0.4, 0.5) is 11.4 Å². The fourth-order valence-corrected chi connectivity index (χ4v) is 7.39. The lowest BCUT2D eigenvalue weighted by Crippen LogP contribution is -2.18. The summed E-state index contributed by atoms with van der Waals surface area (Å²) >= 11 is 0. The fraction of sp³-hybridized carbons (Fsp3) is 0.0233. The molecule has 0 aliphatic rings. The van der Waals surface area contributed by atoms with Crippen molar-refractivity contribution in [2.24, 2.45) is 0 Å². The highest BCUT2D eigenvalue weighted by atomic mass is 16.5. The van der Waals surface area contributed by atoms with Crippen molar-refractivity contribution in [1.82, 2.24) is 4.98 Å². The van der Waals surface area contributed by atoms with E-state index in [-0.39, 0.29) is 71.2 Å². The monoisotopic (exact) mass is 695 g/mol. The van der Waals surface area contributed by atoms with Crippen molar-refractivity contribution in [3.8, 4) is 5.75 Å². The highest BCUT2D eigenvalue weighted by Gasteiger charge is 2.25. The Morgan fingerprint density at radius 1 is 0.472 bits per heavy atom. The number of aromatic amines is 1. The molecular weight excluding hydrogens is 670 g/mol. The predicted molar refractivity (Wildman–Crippen MR) is 209 cm³/mol. The number of aromatic nitrogens is 1. The van der Waals surface area contributed by atoms with Crippen molar-refractivity contribution < 1.29 is 14.3 Å². The van der Waals surface area contributed by atoms with E-state index in [1.54, 1.807) is 97.1 Å². The Hall–Kier alpha value is -7.46. The summed E-state index contributed by atoms with van der Waals surface area (Å²) in [5.41, 5.74) is -0.432. The molecule has 9 rings (SSSR count). The smallest absolute Gasteiger partial charge is 0.255 e. The van der Waals surface area contributed by atoms with Crippen LogP contribution in [0.15, 0.2) is 134 Å². The maximum atomic E-state index is 14.6. The molecule has 1 aromatic heterocycles. The topological polar surface area (TPSA) is 151 Å². The van der Waals surface area contributed by atoms with Crippen molar-refractivity contribution in [2.45, 2.75) is 0 Å². The average molecular weight is 696 g/mol. The standard InChI is InChI=1S/C43H25N3O7/c1-53-30-19-18-28(44-42(51)21-10-4-2-5-11-21)32-34(30)41(50)31-26(40(32)49)17-16-23-27-20-29(45-43(52)22-12-6-3-7-13-22)33-35(37(27)46-36(23)31)39(48)25-15-9-8-14-24(25)38(33)47/h2-20,46H,1H3,(H,44,51)(H,45,52). The Labute approximate surface area is 297 Å². The van der Waals surface area contributed by atoms with Crippen molar-refractivity contribution in [1.29, 1.82) is 0 Å². The summed E-state index contributed by atoms with van der Waals surface area (Å²) in [4.78, 5) is 87.3. The first-order valence-electron chi connectivity index (χ1n) is 16.6. The lowest BCUT2D eigenvalue weighted by molar-refractivity contribution is 0.101. The van der Waals surface area contributed by atoms with Gasteiger partial charge in [-0.1, -0.05) is 66.7 Å². The van der Waals surface area contributed by atoms with Gasteiger partial charge in [0.05, 0.1) is 56.4 Å². The molecule has 10 heteroatoms. The third-order valence-corrected chi connectivity index (χ3v) is 9.82. The molecule has 0 aliphatic carbocycles. The molecule has 0 saturated heterocycles. The van der Waals surface area contributed by atoms with Crippen LogP contribution >= 0.6 is 0 Å². The Bertz CT molecular complexity index is 3270. The summed E-state index contributed by atoms with van der Waals surface area (Å²) in [5, 5.41) is 7.10. The maximum absolute atomic E-state index is 14.6. The molecule has 10 nitrogen and oxygen atoms in total. The Morgan fingerprint density at radius 2 is 0.981 bits per heavy atom. The number of ether oxygens (including phenoxy) is 1. The molecule has 9 aromatic rings. The number of anilines is 2. The van der Waals surface area contributed by atoms with E-state index in [4.69, 9.17) is 4.74 Å². The second kappa shape index (κ2) is 11.8. The third kappa shape index (κ3) is 4.66. The van der Waals surface area contributed by atoms with Crippen LogP contribution in [-0.2, 0) is 0 Å². The number of hydrogen-bond donors (Lipinski definition) is 3. The van der Waals surface area contributed by atoms with Gasteiger partial charge in [-0.05, 0) is 48.5 Å². The first kappa shape index (κ1) is 31.5. The minimum atomic E-state index is -0.543. The average Bonchev–Trinajstić information content (AvgIpc) is 3.57. The lowest BCUT2D eigenvalue weighted by atomic mass is 9.96. The minimum absolute atomic E-state index is 0.0118. The number of amides is 2. The largest absolute Gasteiger partial charge is 0.496 e. The molecule has 1 heterocycles. The van der Waals surface area contributed by atoms with Gasteiger partial charge in [-0.25, -0.2) is 0 Å². The molecule has 8 aromatic carbocycles. The zero-order valence-corrected chi connectivity index (χ0v) is 27.8. The number of H-pyrrole nitrogens is 1. The number of hydrogen-bond acceptors (Lipinski definition) is 7. The molecule has 53 heavy (non-hydrogen) atoms. The molecule has 0 spiro atoms. The van der Waals surface area contributed by atoms with E-state index in [0.29, 0.717) is 21.9 Å². The number of fused-ring (bicyclic) bond motifs is 9. The van der Waals surface area contributed by atoms with Crippen molar-refractivity contribution in [3.63, 3.8) is 0 Å². The zero-order valence-electron chi connectivity index (χ0n) is 27.8. The van der Waals surface area contributed by atoms with E-state index in [1.807, 2.05) is 0 Å². The highest BCUT2D eigenvalue weighted by Crippen LogP contribution is 2.38. The Balaban J connectivity index is 1.37. The van der Waals surface area contributed by atoms with Crippen molar-refractivity contribution in [2.75, 3.05) is 17.7 Å². The van der Waals surface area contributed by atoms with E-state index in [1.165, 1.54) is 25.3 Å². The molecule has 0 radical (unpaired) electrons. The SMILES string of the molecule is COc1ccc(NC(=O)c2ccccc2)c2c(=O)c3ccc4c5cc(NC(=O)c6ccccc6)c6c(=O)c7ccccc7c(=O)c6c5[nH]c4c3c(=O)c12. The minimum Gasteiger partial charge on any atom is -0.496 e. The van der Waals surface area contributed by atoms with E-state index < -0.39 is 33.5 Å². The highest BCUT2D eigenvalue weighted by molar-refractivity contribution is 6.27. The van der Waals surface area contributed by atoms with Crippen molar-refractivity contribution in [3.05, 3.63) is 167 Å². The Kier molecular flexibility index (Phi) is 7.03. The first-order chi connectivity index (χ1) is 25.8. The van der Waals surface area contributed by atoms with Gasteiger partial charge in [0.25, 0.3) is 11.8 Å². The normalized spacial score (nSPS) is 11.6.